The van der Waals surface area contributed by atoms with Crippen molar-refractivity contribution in [3.05, 3.63) is 0 Å². The highest BCUT2D eigenvalue weighted by Gasteiger charge is 2.35. The van der Waals surface area contributed by atoms with Crippen molar-refractivity contribution in [2.24, 2.45) is 28.9 Å². The molecule has 0 aromatic heterocycles. The van der Waals surface area contributed by atoms with Crippen molar-refractivity contribution in [3.63, 3.8) is 0 Å². The van der Waals surface area contributed by atoms with Crippen LogP contribution in [0, 0.1) is 23.2 Å². The van der Waals surface area contributed by atoms with E-state index in [9.17, 15) is 19.2 Å². The molecule has 2 fully saturated rings. The Labute approximate surface area is 206 Å². The Balaban J connectivity index is 0.00000104. The van der Waals surface area contributed by atoms with Gasteiger partial charge in [0.25, 0.3) is 0 Å². The first-order valence-corrected chi connectivity index (χ1v) is 13.0. The molecule has 198 valence electrons. The first-order chi connectivity index (χ1) is 15.8. The van der Waals surface area contributed by atoms with E-state index in [0.29, 0.717) is 31.1 Å². The molecule has 0 spiro atoms. The number of fused-ring (bicyclic) bond motifs is 1. The highest BCUT2D eigenvalue weighted by molar-refractivity contribution is 5.88. The summed E-state index contributed by atoms with van der Waals surface area (Å²) in [4.78, 5) is 47.2. The van der Waals surface area contributed by atoms with Gasteiger partial charge in [0, 0.05) is 30.3 Å². The van der Waals surface area contributed by atoms with Gasteiger partial charge in [0.15, 0.2) is 0 Å². The number of hydrogen-bond acceptors (Lipinski definition) is 4. The lowest BCUT2D eigenvalue weighted by Gasteiger charge is -2.25. The van der Waals surface area contributed by atoms with Crippen LogP contribution in [0.1, 0.15) is 100 Å². The molecule has 0 aromatic carbocycles. The van der Waals surface area contributed by atoms with Gasteiger partial charge in [-0.05, 0) is 44.4 Å². The lowest BCUT2D eigenvalue weighted by molar-refractivity contribution is -0.130. The van der Waals surface area contributed by atoms with E-state index in [-0.39, 0.29) is 41.0 Å². The highest BCUT2D eigenvalue weighted by atomic mass is 16.2. The van der Waals surface area contributed by atoms with E-state index in [1.165, 1.54) is 0 Å². The van der Waals surface area contributed by atoms with Crippen LogP contribution in [0.4, 0.5) is 0 Å². The van der Waals surface area contributed by atoms with Crippen LogP contribution in [0.3, 0.4) is 0 Å². The second-order valence-corrected chi connectivity index (χ2v) is 10.7. The van der Waals surface area contributed by atoms with Gasteiger partial charge in [0.05, 0.1) is 0 Å². The summed E-state index contributed by atoms with van der Waals surface area (Å²) >= 11 is 0. The number of nitrogens with two attached hydrogens (primary N) is 1. The summed E-state index contributed by atoms with van der Waals surface area (Å²) in [5, 5.41) is 8.88. The van der Waals surface area contributed by atoms with Crippen LogP contribution < -0.4 is 21.7 Å². The lowest BCUT2D eigenvalue weighted by Crippen LogP contribution is -2.50. The maximum absolute atomic E-state index is 12.6. The standard InChI is InChI=1S/C19H33N3O3.C5H11NO.C2H6/c1-12(2)9-16-19(25)21-13(3)10-15-14(11-20-18(15)24)7-5-4-6-8-17(23)22-16;1-5(2,3)4(6)7;1-2/h12-16H,4-11H2,1-3H3,(H,20,24)(H,21,25)(H,22,23);1-3H3,(H2,6,7);1-2H3/t13-,14+,15+,16?;;/m1../s1. The Hall–Kier alpha value is -2.12. The third-order valence-corrected chi connectivity index (χ3v) is 6.02. The highest BCUT2D eigenvalue weighted by Crippen LogP contribution is 2.28. The maximum Gasteiger partial charge on any atom is 0.242 e. The molecule has 2 heterocycles. The Morgan fingerprint density at radius 2 is 1.62 bits per heavy atom. The number of rotatable bonds is 2. The number of hydrogen-bond donors (Lipinski definition) is 4. The summed E-state index contributed by atoms with van der Waals surface area (Å²) < 4.78 is 0. The molecule has 5 N–H and O–H groups in total. The molecule has 0 radical (unpaired) electrons. The van der Waals surface area contributed by atoms with Gasteiger partial charge in [-0.25, -0.2) is 0 Å². The monoisotopic (exact) mass is 482 g/mol. The molecule has 2 saturated heterocycles. The van der Waals surface area contributed by atoms with Gasteiger partial charge in [0.2, 0.25) is 23.6 Å². The fraction of sp³-hybridized carbons (Fsp3) is 0.846. The maximum atomic E-state index is 12.6. The minimum Gasteiger partial charge on any atom is -0.369 e. The molecule has 0 bridgehead atoms. The third-order valence-electron chi connectivity index (χ3n) is 6.02. The Morgan fingerprint density at radius 3 is 2.15 bits per heavy atom. The fourth-order valence-corrected chi connectivity index (χ4v) is 3.94. The summed E-state index contributed by atoms with van der Waals surface area (Å²) in [5.41, 5.74) is 4.57. The Kier molecular flexibility index (Phi) is 14.7. The van der Waals surface area contributed by atoms with Crippen molar-refractivity contribution in [2.75, 3.05) is 6.54 Å². The number of primary amides is 1. The van der Waals surface area contributed by atoms with E-state index < -0.39 is 6.04 Å². The number of carbonyl (C=O) groups excluding carboxylic acids is 4. The summed E-state index contributed by atoms with van der Waals surface area (Å²) in [7, 11) is 0. The second kappa shape index (κ2) is 15.7. The zero-order valence-corrected chi connectivity index (χ0v) is 22.8. The van der Waals surface area contributed by atoms with Crippen molar-refractivity contribution < 1.29 is 19.2 Å². The van der Waals surface area contributed by atoms with E-state index in [1.54, 1.807) is 20.8 Å². The quantitative estimate of drug-likeness (QED) is 0.481. The largest absolute Gasteiger partial charge is 0.369 e. The van der Waals surface area contributed by atoms with Crippen molar-refractivity contribution in [3.8, 4) is 0 Å². The average Bonchev–Trinajstić information content (AvgIpc) is 3.07. The van der Waals surface area contributed by atoms with Gasteiger partial charge < -0.3 is 21.7 Å². The van der Waals surface area contributed by atoms with E-state index in [1.807, 2.05) is 34.6 Å². The van der Waals surface area contributed by atoms with Crippen LogP contribution >= 0.6 is 0 Å². The molecule has 4 atom stereocenters. The SMILES string of the molecule is CC.CC(C)(C)C(N)=O.CC(C)CC1NC(=O)CCCCC[C@H]2CNC(=O)[C@H]2C[C@@H](C)NC1=O. The molecule has 4 amide bonds. The van der Waals surface area contributed by atoms with E-state index in [4.69, 9.17) is 5.73 Å². The minimum atomic E-state index is -0.494. The van der Waals surface area contributed by atoms with Crippen LogP contribution in [0.2, 0.25) is 0 Å². The zero-order chi connectivity index (χ0) is 26.5. The van der Waals surface area contributed by atoms with Crippen LogP contribution in [0.5, 0.6) is 0 Å². The van der Waals surface area contributed by atoms with Gasteiger partial charge in [-0.3, -0.25) is 19.2 Å². The third kappa shape index (κ3) is 12.4. The topological polar surface area (TPSA) is 130 Å². The molecule has 8 nitrogen and oxygen atoms in total. The number of nitrogens with one attached hydrogen (secondary N) is 3. The molecular weight excluding hydrogens is 432 g/mol. The first-order valence-electron chi connectivity index (χ1n) is 13.0. The Bertz CT molecular complexity index is 658. The van der Waals surface area contributed by atoms with Crippen LogP contribution in [-0.2, 0) is 19.2 Å². The molecule has 0 aromatic rings. The molecule has 8 heteroatoms. The number of carbonyl (C=O) groups is 4. The fourth-order valence-electron chi connectivity index (χ4n) is 3.94. The van der Waals surface area contributed by atoms with Crippen molar-refractivity contribution in [1.29, 1.82) is 0 Å². The number of amides is 4. The van der Waals surface area contributed by atoms with E-state index in [2.05, 4.69) is 16.0 Å². The van der Waals surface area contributed by atoms with E-state index in [0.717, 1.165) is 32.2 Å². The first kappa shape index (κ1) is 31.9. The van der Waals surface area contributed by atoms with Gasteiger partial charge >= 0.3 is 0 Å². The van der Waals surface area contributed by atoms with Gasteiger partial charge in [-0.15, -0.1) is 0 Å². The van der Waals surface area contributed by atoms with Crippen LogP contribution in [-0.4, -0.2) is 42.3 Å². The summed E-state index contributed by atoms with van der Waals surface area (Å²) in [6.07, 6.45) is 5.60. The normalized spacial score (nSPS) is 26.3. The second-order valence-electron chi connectivity index (χ2n) is 10.7. The predicted molar refractivity (Wildman–Crippen MR) is 137 cm³/mol. The zero-order valence-electron chi connectivity index (χ0n) is 22.8. The summed E-state index contributed by atoms with van der Waals surface area (Å²) in [6, 6.07) is -0.579. The molecule has 2 aliphatic rings. The van der Waals surface area contributed by atoms with E-state index >= 15 is 0 Å². The van der Waals surface area contributed by atoms with Gasteiger partial charge in [-0.2, -0.15) is 0 Å². The Morgan fingerprint density at radius 1 is 1.03 bits per heavy atom. The van der Waals surface area contributed by atoms with Crippen LogP contribution in [0.15, 0.2) is 0 Å². The smallest absolute Gasteiger partial charge is 0.242 e. The van der Waals surface area contributed by atoms with Gasteiger partial charge in [0.1, 0.15) is 6.04 Å². The molecule has 0 saturated carbocycles. The molecule has 34 heavy (non-hydrogen) atoms. The summed E-state index contributed by atoms with van der Waals surface area (Å²) in [5.74, 6) is 0.321. The average molecular weight is 483 g/mol. The molecule has 2 aliphatic heterocycles. The lowest BCUT2D eigenvalue weighted by atomic mass is 9.85. The molecule has 1 unspecified atom stereocenters. The molecule has 2 rings (SSSR count). The predicted octanol–water partition coefficient (Wildman–Crippen LogP) is 3.28. The van der Waals surface area contributed by atoms with Crippen molar-refractivity contribution in [2.45, 2.75) is 112 Å². The molecule has 0 aliphatic carbocycles. The minimum absolute atomic E-state index is 0.0172. The summed E-state index contributed by atoms with van der Waals surface area (Å²) in [6.45, 7) is 16.1. The van der Waals surface area contributed by atoms with Crippen molar-refractivity contribution in [1.82, 2.24) is 16.0 Å². The van der Waals surface area contributed by atoms with Crippen molar-refractivity contribution >= 4 is 23.6 Å². The van der Waals surface area contributed by atoms with Crippen LogP contribution in [0.25, 0.3) is 0 Å². The molecular formula is C26H50N4O4. The van der Waals surface area contributed by atoms with Gasteiger partial charge in [-0.1, -0.05) is 61.3 Å².